The second-order valence-corrected chi connectivity index (χ2v) is 11.7. The number of nitrogens with zero attached hydrogens (tertiary/aromatic N) is 3. The third kappa shape index (κ3) is 12.4. The Labute approximate surface area is 304 Å². The number of aliphatic imine (C=N–C) groups is 1. The fraction of sp³-hybridized carbons (Fsp3) is 0.206. The van der Waals surface area contributed by atoms with Gasteiger partial charge in [0, 0.05) is 40.0 Å². The summed E-state index contributed by atoms with van der Waals surface area (Å²) in [6, 6.07) is 17.7. The van der Waals surface area contributed by atoms with Crippen molar-refractivity contribution in [3.63, 3.8) is 0 Å². The number of rotatable bonds is 11. The molecule has 4 aromatic rings. The van der Waals surface area contributed by atoms with Crippen molar-refractivity contribution in [2.75, 3.05) is 11.1 Å². The highest BCUT2D eigenvalue weighted by atomic mass is 35.5. The number of benzene rings is 3. The number of amides is 2. The molecular formula is C34H33ClF3N7O8. The van der Waals surface area contributed by atoms with Gasteiger partial charge in [0.2, 0.25) is 5.91 Å². The number of carbonyl (C=O) groups excluding carboxylic acids is 2. The molecule has 0 aliphatic carbocycles. The van der Waals surface area contributed by atoms with Crippen LogP contribution in [-0.4, -0.2) is 61.8 Å². The number of nitrogens with one attached hydrogen (secondary N) is 2. The maximum Gasteiger partial charge on any atom is 0.490 e. The van der Waals surface area contributed by atoms with E-state index < -0.39 is 35.7 Å². The van der Waals surface area contributed by atoms with Gasteiger partial charge in [-0.15, -0.1) is 0 Å². The second kappa shape index (κ2) is 18.2. The number of ether oxygens (including phenoxy) is 1. The van der Waals surface area contributed by atoms with E-state index in [4.69, 9.17) is 37.7 Å². The molecule has 0 radical (unpaired) electrons. The van der Waals surface area contributed by atoms with Crippen LogP contribution in [-0.2, 0) is 34.0 Å². The zero-order valence-corrected chi connectivity index (χ0v) is 28.7. The molecule has 0 saturated carbocycles. The van der Waals surface area contributed by atoms with E-state index >= 15 is 0 Å². The van der Waals surface area contributed by atoms with Crippen LogP contribution in [0.25, 0.3) is 11.3 Å². The van der Waals surface area contributed by atoms with Crippen LogP contribution in [0.15, 0.2) is 82.7 Å². The zero-order chi connectivity index (χ0) is 39.5. The van der Waals surface area contributed by atoms with E-state index in [0.29, 0.717) is 27.3 Å². The molecule has 53 heavy (non-hydrogen) atoms. The minimum absolute atomic E-state index is 0.0384. The highest BCUT2D eigenvalue weighted by Gasteiger charge is 2.38. The number of nitrogens with two attached hydrogens (primary N) is 2. The number of hydrogen-bond acceptors (Lipinski definition) is 9. The lowest BCUT2D eigenvalue weighted by molar-refractivity contribution is -0.192. The van der Waals surface area contributed by atoms with Crippen molar-refractivity contribution in [1.82, 2.24) is 14.9 Å². The summed E-state index contributed by atoms with van der Waals surface area (Å²) < 4.78 is 38.1. The first-order valence-corrected chi connectivity index (χ1v) is 15.6. The van der Waals surface area contributed by atoms with Gasteiger partial charge in [-0.25, -0.2) is 19.4 Å². The molecule has 1 heterocycles. The predicted molar refractivity (Wildman–Crippen MR) is 188 cm³/mol. The van der Waals surface area contributed by atoms with Crippen LogP contribution >= 0.6 is 11.6 Å². The van der Waals surface area contributed by atoms with E-state index in [-0.39, 0.29) is 54.3 Å². The van der Waals surface area contributed by atoms with Crippen LogP contribution in [0, 0.1) is 0 Å². The summed E-state index contributed by atoms with van der Waals surface area (Å²) in [6.07, 6.45) is -4.57. The Bertz CT molecular complexity index is 2070. The number of anilines is 2. The molecule has 2 amide bonds. The van der Waals surface area contributed by atoms with Gasteiger partial charge >= 0.3 is 24.2 Å². The summed E-state index contributed by atoms with van der Waals surface area (Å²) >= 11 is 6.07. The molecule has 0 bridgehead atoms. The third-order valence-corrected chi connectivity index (χ3v) is 7.15. The molecule has 0 atom stereocenters. The Morgan fingerprint density at radius 1 is 1.02 bits per heavy atom. The predicted octanol–water partition coefficient (Wildman–Crippen LogP) is 4.66. The van der Waals surface area contributed by atoms with E-state index in [1.807, 2.05) is 13.8 Å². The van der Waals surface area contributed by atoms with Gasteiger partial charge in [-0.1, -0.05) is 54.1 Å². The van der Waals surface area contributed by atoms with Gasteiger partial charge in [0.15, 0.2) is 5.82 Å². The number of aromatic nitrogens is 2. The van der Waals surface area contributed by atoms with Crippen molar-refractivity contribution in [2.24, 2.45) is 10.7 Å². The van der Waals surface area contributed by atoms with Crippen molar-refractivity contribution < 1.29 is 47.3 Å². The number of hydrogen-bond donors (Lipinski definition) is 6. The Hall–Kier alpha value is -6.43. The van der Waals surface area contributed by atoms with Gasteiger partial charge in [-0.2, -0.15) is 18.2 Å². The van der Waals surface area contributed by atoms with Gasteiger partial charge in [0.25, 0.3) is 5.56 Å². The lowest BCUT2D eigenvalue weighted by Gasteiger charge is -2.16. The Morgan fingerprint density at radius 2 is 1.66 bits per heavy atom. The van der Waals surface area contributed by atoms with Crippen LogP contribution in [0.2, 0.25) is 5.02 Å². The highest BCUT2D eigenvalue weighted by molar-refractivity contribution is 6.31. The molecule has 0 aliphatic rings. The molecule has 19 heteroatoms. The number of aliphatic carboxylic acids is 1. The van der Waals surface area contributed by atoms with Gasteiger partial charge in [0.1, 0.15) is 19.0 Å². The van der Waals surface area contributed by atoms with Gasteiger partial charge in [-0.05, 0) is 43.7 Å². The molecule has 0 unspecified atom stereocenters. The SMILES string of the molecule is CC(C)Nc1ncc(-c2cc(N)cc(C(=O)O)c2)n(CC(=O)NCc2ccc(/C(N)=N/C(=O)OCc3ccccc3Cl)cc2)c1=O.O=C(O)C(F)(F)F. The van der Waals surface area contributed by atoms with E-state index in [2.05, 4.69) is 20.6 Å². The van der Waals surface area contributed by atoms with E-state index in [0.717, 1.165) is 0 Å². The number of alkyl halides is 3. The van der Waals surface area contributed by atoms with Crippen LogP contribution in [0.4, 0.5) is 29.5 Å². The van der Waals surface area contributed by atoms with E-state index in [1.165, 1.54) is 29.0 Å². The quantitative estimate of drug-likeness (QED) is 0.0695. The molecule has 0 fully saturated rings. The number of amidine groups is 1. The van der Waals surface area contributed by atoms with Crippen LogP contribution in [0.5, 0.6) is 0 Å². The Balaban J connectivity index is 0.000000980. The fourth-order valence-electron chi connectivity index (χ4n) is 4.31. The normalized spacial score (nSPS) is 11.3. The first-order valence-electron chi connectivity index (χ1n) is 15.3. The lowest BCUT2D eigenvalue weighted by Crippen LogP contribution is -2.35. The number of nitrogen functional groups attached to an aromatic ring is 1. The van der Waals surface area contributed by atoms with Gasteiger partial charge in [0.05, 0.1) is 17.5 Å². The first kappa shape index (κ1) is 41.0. The van der Waals surface area contributed by atoms with E-state index in [9.17, 15) is 37.5 Å². The van der Waals surface area contributed by atoms with Crippen LogP contribution in [0.1, 0.15) is 40.9 Å². The molecule has 0 spiro atoms. The topological polar surface area (TPSA) is 241 Å². The van der Waals surface area contributed by atoms with Crippen LogP contribution < -0.4 is 27.7 Å². The van der Waals surface area contributed by atoms with Crippen molar-refractivity contribution in [1.29, 1.82) is 0 Å². The molecule has 8 N–H and O–H groups in total. The van der Waals surface area contributed by atoms with Gasteiger partial charge < -0.3 is 37.1 Å². The maximum atomic E-state index is 13.4. The zero-order valence-electron chi connectivity index (χ0n) is 28.0. The third-order valence-electron chi connectivity index (χ3n) is 6.78. The summed E-state index contributed by atoms with van der Waals surface area (Å²) in [7, 11) is 0. The summed E-state index contributed by atoms with van der Waals surface area (Å²) in [5.41, 5.74) is 13.8. The first-order chi connectivity index (χ1) is 24.8. The average molecular weight is 760 g/mol. The number of carboxylic acids is 2. The summed E-state index contributed by atoms with van der Waals surface area (Å²) in [6.45, 7) is 3.35. The van der Waals surface area contributed by atoms with Crippen molar-refractivity contribution >= 4 is 52.9 Å². The Morgan fingerprint density at radius 3 is 2.25 bits per heavy atom. The fourth-order valence-corrected chi connectivity index (χ4v) is 4.50. The lowest BCUT2D eigenvalue weighted by atomic mass is 10.1. The molecule has 3 aromatic carbocycles. The molecule has 4 rings (SSSR count). The van der Waals surface area contributed by atoms with Crippen LogP contribution in [0.3, 0.4) is 0 Å². The average Bonchev–Trinajstić information content (AvgIpc) is 3.08. The van der Waals surface area contributed by atoms with E-state index in [1.54, 1.807) is 48.5 Å². The van der Waals surface area contributed by atoms with Gasteiger partial charge in [-0.3, -0.25) is 14.2 Å². The number of carboxylic acid groups (broad SMARTS) is 2. The van der Waals surface area contributed by atoms with Crippen molar-refractivity contribution in [2.45, 2.75) is 45.8 Å². The molecule has 0 saturated heterocycles. The molecular weight excluding hydrogens is 727 g/mol. The number of halogens is 4. The summed E-state index contributed by atoms with van der Waals surface area (Å²) in [4.78, 5) is 67.0. The number of aromatic carboxylic acids is 1. The number of carbonyl (C=O) groups is 4. The molecule has 0 aliphatic heterocycles. The Kier molecular flexibility index (Phi) is 14.1. The molecule has 280 valence electrons. The maximum absolute atomic E-state index is 13.4. The highest BCUT2D eigenvalue weighted by Crippen LogP contribution is 2.24. The second-order valence-electron chi connectivity index (χ2n) is 11.3. The monoisotopic (exact) mass is 759 g/mol. The largest absolute Gasteiger partial charge is 0.490 e. The van der Waals surface area contributed by atoms with Crippen molar-refractivity contribution in [3.05, 3.63) is 111 Å². The standard InChI is InChI=1S/C32H32ClN7O6.C2HF3O2/c1-18(2)38-29-30(42)40(26(15-37-29)22-11-23(31(43)44)13-24(34)12-22)16-27(41)36-14-19-7-9-20(10-8-19)28(35)39-32(45)46-17-21-5-3-4-6-25(21)33;3-2(4,5)1(6)7/h3-13,15,18H,14,16-17,34H2,1-2H3,(H,36,41)(H,37,38)(H,43,44)(H2,35,39,45);(H,6,7). The summed E-state index contributed by atoms with van der Waals surface area (Å²) in [5, 5.41) is 22.8. The van der Waals surface area contributed by atoms with Crippen molar-refractivity contribution in [3.8, 4) is 11.3 Å². The smallest absolute Gasteiger partial charge is 0.478 e. The summed E-state index contributed by atoms with van der Waals surface area (Å²) in [5.74, 6) is -4.45. The minimum atomic E-state index is -5.08. The minimum Gasteiger partial charge on any atom is -0.478 e. The molecule has 1 aromatic heterocycles. The molecule has 15 nitrogen and oxygen atoms in total.